The van der Waals surface area contributed by atoms with Crippen molar-refractivity contribution in [2.24, 2.45) is 5.92 Å². The lowest BCUT2D eigenvalue weighted by Gasteiger charge is -2.41. The summed E-state index contributed by atoms with van der Waals surface area (Å²) in [7, 11) is 1.37. The number of aliphatic hydroxyl groups is 1. The summed E-state index contributed by atoms with van der Waals surface area (Å²) in [4.78, 5) is 38.4. The highest BCUT2D eigenvalue weighted by molar-refractivity contribution is 5.81. The van der Waals surface area contributed by atoms with Gasteiger partial charge in [0.25, 0.3) is 0 Å². The van der Waals surface area contributed by atoms with E-state index in [1.165, 1.54) is 7.11 Å². The van der Waals surface area contributed by atoms with Crippen LogP contribution in [0.3, 0.4) is 0 Å². The smallest absolute Gasteiger partial charge is 0.410 e. The highest BCUT2D eigenvalue weighted by Crippen LogP contribution is 2.40. The average Bonchev–Trinajstić information content (AvgIpc) is 3.09. The second kappa shape index (κ2) is 11.1. The highest BCUT2D eigenvalue weighted by Gasteiger charge is 2.52. The molecule has 1 aromatic rings. The van der Waals surface area contributed by atoms with Crippen LogP contribution in [0.25, 0.3) is 0 Å². The van der Waals surface area contributed by atoms with E-state index < -0.39 is 18.1 Å². The summed E-state index contributed by atoms with van der Waals surface area (Å²) in [6.45, 7) is 0.651. The number of methoxy groups -OCH3 is 1. The topological polar surface area (TPSA) is 105 Å². The molecule has 2 amide bonds. The number of carbonyl (C=O) groups excluding carboxylic acids is 3. The van der Waals surface area contributed by atoms with Crippen molar-refractivity contribution in [1.29, 1.82) is 0 Å². The number of benzene rings is 1. The molecule has 2 N–H and O–H groups in total. The molecule has 31 heavy (non-hydrogen) atoms. The van der Waals surface area contributed by atoms with Crippen molar-refractivity contribution < 1.29 is 29.0 Å². The van der Waals surface area contributed by atoms with Gasteiger partial charge in [-0.05, 0) is 37.7 Å². The minimum Gasteiger partial charge on any atom is -0.469 e. The molecule has 0 aromatic heterocycles. The maximum absolute atomic E-state index is 12.8. The van der Waals surface area contributed by atoms with Gasteiger partial charge in [0.2, 0.25) is 5.91 Å². The van der Waals surface area contributed by atoms with Gasteiger partial charge < -0.3 is 24.8 Å². The Hall–Kier alpha value is -2.61. The van der Waals surface area contributed by atoms with Gasteiger partial charge in [-0.1, -0.05) is 36.8 Å². The van der Waals surface area contributed by atoms with Crippen molar-refractivity contribution in [3.63, 3.8) is 0 Å². The molecule has 8 heteroatoms. The Morgan fingerprint density at radius 1 is 1.13 bits per heavy atom. The maximum Gasteiger partial charge on any atom is 0.410 e. The molecule has 3 rings (SSSR count). The van der Waals surface area contributed by atoms with Gasteiger partial charge in [0.1, 0.15) is 6.61 Å². The minimum absolute atomic E-state index is 0.0920. The second-order valence-corrected chi connectivity index (χ2v) is 8.25. The fourth-order valence-corrected chi connectivity index (χ4v) is 4.61. The van der Waals surface area contributed by atoms with Gasteiger partial charge in [-0.15, -0.1) is 0 Å². The van der Waals surface area contributed by atoms with Crippen molar-refractivity contribution in [2.45, 2.75) is 69.7 Å². The van der Waals surface area contributed by atoms with Crippen molar-refractivity contribution in [3.8, 4) is 0 Å². The van der Waals surface area contributed by atoms with E-state index in [0.717, 1.165) is 24.8 Å². The first-order valence-corrected chi connectivity index (χ1v) is 11.0. The predicted molar refractivity (Wildman–Crippen MR) is 113 cm³/mol. The molecule has 0 saturated carbocycles. The predicted octanol–water partition coefficient (Wildman–Crippen LogP) is 2.39. The Morgan fingerprint density at radius 3 is 2.65 bits per heavy atom. The van der Waals surface area contributed by atoms with Crippen LogP contribution in [0.15, 0.2) is 30.3 Å². The molecule has 2 heterocycles. The van der Waals surface area contributed by atoms with E-state index in [-0.39, 0.29) is 30.6 Å². The largest absolute Gasteiger partial charge is 0.469 e. The fourth-order valence-electron chi connectivity index (χ4n) is 4.61. The Balaban J connectivity index is 1.49. The number of ether oxygens (including phenoxy) is 2. The Kier molecular flexibility index (Phi) is 8.28. The Labute approximate surface area is 182 Å². The third kappa shape index (κ3) is 5.97. The van der Waals surface area contributed by atoms with E-state index in [2.05, 4.69) is 10.1 Å². The number of rotatable bonds is 9. The van der Waals surface area contributed by atoms with Gasteiger partial charge in [0.15, 0.2) is 0 Å². The van der Waals surface area contributed by atoms with Crippen molar-refractivity contribution in [3.05, 3.63) is 35.9 Å². The van der Waals surface area contributed by atoms with Crippen molar-refractivity contribution in [1.82, 2.24) is 10.2 Å². The van der Waals surface area contributed by atoms with Gasteiger partial charge in [-0.2, -0.15) is 0 Å². The van der Waals surface area contributed by atoms with Gasteiger partial charge in [0, 0.05) is 25.0 Å². The number of hydrogen-bond donors (Lipinski definition) is 2. The number of hydrogen-bond acceptors (Lipinski definition) is 6. The third-order valence-corrected chi connectivity index (χ3v) is 6.19. The highest BCUT2D eigenvalue weighted by atomic mass is 16.6. The lowest BCUT2D eigenvalue weighted by atomic mass is 9.87. The van der Waals surface area contributed by atoms with Crippen LogP contribution in [0.4, 0.5) is 4.79 Å². The molecule has 2 bridgehead atoms. The lowest BCUT2D eigenvalue weighted by Crippen LogP contribution is -2.57. The van der Waals surface area contributed by atoms with E-state index in [9.17, 15) is 19.5 Å². The molecule has 170 valence electrons. The molecular weight excluding hydrogens is 400 g/mol. The zero-order valence-electron chi connectivity index (χ0n) is 18.0. The molecule has 2 aliphatic heterocycles. The summed E-state index contributed by atoms with van der Waals surface area (Å²) in [6, 6.07) is 9.02. The van der Waals surface area contributed by atoms with Crippen LogP contribution in [0, 0.1) is 5.92 Å². The summed E-state index contributed by atoms with van der Waals surface area (Å²) in [5.41, 5.74) is 0.904. The molecule has 0 spiro atoms. The first-order chi connectivity index (χ1) is 15.0. The van der Waals surface area contributed by atoms with E-state index in [1.54, 1.807) is 4.90 Å². The molecule has 2 aliphatic rings. The number of esters is 1. The number of carbonyl (C=O) groups is 3. The van der Waals surface area contributed by atoms with Gasteiger partial charge in [-0.25, -0.2) is 4.79 Å². The summed E-state index contributed by atoms with van der Waals surface area (Å²) in [5, 5.41) is 13.5. The quantitative estimate of drug-likeness (QED) is 0.459. The van der Waals surface area contributed by atoms with E-state index in [4.69, 9.17) is 4.74 Å². The Morgan fingerprint density at radius 2 is 1.90 bits per heavy atom. The number of amides is 2. The Bertz CT molecular complexity index is 756. The molecule has 0 radical (unpaired) electrons. The van der Waals surface area contributed by atoms with Gasteiger partial charge >= 0.3 is 12.1 Å². The summed E-state index contributed by atoms with van der Waals surface area (Å²) < 4.78 is 10.1. The standard InChI is InChI=1S/C23H32N2O6/c1-30-20(27)10-6-3-7-13-24-22(28)21-18-12-11-17(14-19(21)26)25(18)23(29)31-15-16-8-4-2-5-9-16/h2,4-5,8-9,17-19,21,26H,3,6-7,10-15H2,1H3,(H,24,28)/t17-,18+,19-,21+/m0/s1. The normalized spacial score (nSPS) is 24.5. The number of aliphatic hydroxyl groups excluding tert-OH is 1. The zero-order chi connectivity index (χ0) is 22.2. The maximum atomic E-state index is 12.8. The first-order valence-electron chi connectivity index (χ1n) is 11.0. The summed E-state index contributed by atoms with van der Waals surface area (Å²) >= 11 is 0. The third-order valence-electron chi connectivity index (χ3n) is 6.19. The number of nitrogens with zero attached hydrogens (tertiary/aromatic N) is 1. The number of fused-ring (bicyclic) bond motifs is 2. The summed E-state index contributed by atoms with van der Waals surface area (Å²) in [5.74, 6) is -1.12. The van der Waals surface area contributed by atoms with Crippen LogP contribution in [0.5, 0.6) is 0 Å². The average molecular weight is 433 g/mol. The van der Waals surface area contributed by atoms with E-state index in [0.29, 0.717) is 32.2 Å². The zero-order valence-corrected chi connectivity index (χ0v) is 18.0. The van der Waals surface area contributed by atoms with Crippen molar-refractivity contribution >= 4 is 18.0 Å². The van der Waals surface area contributed by atoms with Crippen LogP contribution < -0.4 is 5.32 Å². The second-order valence-electron chi connectivity index (χ2n) is 8.25. The van der Waals surface area contributed by atoms with Crippen molar-refractivity contribution in [2.75, 3.05) is 13.7 Å². The fraction of sp³-hybridized carbons (Fsp3) is 0.609. The summed E-state index contributed by atoms with van der Waals surface area (Å²) in [6.07, 6.45) is 3.24. The molecule has 1 aromatic carbocycles. The van der Waals surface area contributed by atoms with Crippen LogP contribution in [0.1, 0.15) is 50.5 Å². The molecular formula is C23H32N2O6. The monoisotopic (exact) mass is 432 g/mol. The molecule has 0 unspecified atom stereocenters. The van der Waals surface area contributed by atoms with Crippen LogP contribution >= 0.6 is 0 Å². The van der Waals surface area contributed by atoms with Gasteiger partial charge in [-0.3, -0.25) is 9.59 Å². The molecule has 2 saturated heterocycles. The molecule has 2 fully saturated rings. The van der Waals surface area contributed by atoms with Crippen LogP contribution in [0.2, 0.25) is 0 Å². The minimum atomic E-state index is -0.769. The SMILES string of the molecule is COC(=O)CCCCCNC(=O)[C@@H]1[C@H]2CC[C@@H](C[C@@H]1O)N2C(=O)OCc1ccccc1. The number of unbranched alkanes of at least 4 members (excludes halogenated alkanes) is 2. The number of nitrogens with one attached hydrogen (secondary N) is 1. The lowest BCUT2D eigenvalue weighted by molar-refractivity contribution is -0.140. The van der Waals surface area contributed by atoms with Crippen LogP contribution in [-0.2, 0) is 25.7 Å². The van der Waals surface area contributed by atoms with Gasteiger partial charge in [0.05, 0.1) is 19.1 Å². The van der Waals surface area contributed by atoms with E-state index >= 15 is 0 Å². The number of piperidine rings is 1. The molecule has 0 aliphatic carbocycles. The molecule has 4 atom stereocenters. The molecule has 8 nitrogen and oxygen atoms in total. The van der Waals surface area contributed by atoms with Crippen LogP contribution in [-0.4, -0.2) is 59.8 Å². The van der Waals surface area contributed by atoms with E-state index in [1.807, 2.05) is 30.3 Å². The first kappa shape index (κ1) is 23.1.